The number of amides is 1. The number of hydrogen-bond donors (Lipinski definition) is 1. The van der Waals surface area contributed by atoms with Gasteiger partial charge in [-0.05, 0) is 25.0 Å². The van der Waals surface area contributed by atoms with E-state index in [4.69, 9.17) is 9.47 Å². The van der Waals surface area contributed by atoms with Crippen LogP contribution >= 0.6 is 23.1 Å². The zero-order valence-electron chi connectivity index (χ0n) is 17.2. The fraction of sp³-hybridized carbons (Fsp3) is 0.400. The largest absolute Gasteiger partial charge is 0.495 e. The first kappa shape index (κ1) is 21.6. The van der Waals surface area contributed by atoms with Crippen LogP contribution in [0.1, 0.15) is 25.5 Å². The van der Waals surface area contributed by atoms with Gasteiger partial charge in [0.2, 0.25) is 5.91 Å². The lowest BCUT2D eigenvalue weighted by Crippen LogP contribution is -2.25. The predicted octanol–water partition coefficient (Wildman–Crippen LogP) is 3.19. The monoisotopic (exact) mass is 461 g/mol. The first-order valence-corrected chi connectivity index (χ1v) is 11.7. The summed E-state index contributed by atoms with van der Waals surface area (Å²) in [6.45, 7) is 2.72. The molecular weight excluding hydrogens is 438 g/mol. The number of carbonyl (C=O) groups is 1. The third-order valence-electron chi connectivity index (χ3n) is 4.85. The van der Waals surface area contributed by atoms with Crippen molar-refractivity contribution in [3.63, 3.8) is 0 Å². The Hall–Kier alpha value is -2.63. The van der Waals surface area contributed by atoms with Crippen LogP contribution in [0, 0.1) is 0 Å². The van der Waals surface area contributed by atoms with Crippen LogP contribution in [0.3, 0.4) is 0 Å². The van der Waals surface area contributed by atoms with Crippen molar-refractivity contribution in [3.05, 3.63) is 45.8 Å². The third kappa shape index (κ3) is 4.83. The molecule has 0 radical (unpaired) electrons. The van der Waals surface area contributed by atoms with E-state index >= 15 is 0 Å². The Morgan fingerprint density at radius 3 is 3.03 bits per heavy atom. The lowest BCUT2D eigenvalue weighted by molar-refractivity contribution is -0.115. The third-order valence-corrected chi connectivity index (χ3v) is 6.74. The van der Waals surface area contributed by atoms with Crippen LogP contribution in [-0.2, 0) is 21.8 Å². The number of thiazole rings is 1. The maximum absolute atomic E-state index is 12.4. The Morgan fingerprint density at radius 1 is 1.45 bits per heavy atom. The van der Waals surface area contributed by atoms with Gasteiger partial charge in [0.15, 0.2) is 10.3 Å². The molecule has 31 heavy (non-hydrogen) atoms. The maximum Gasteiger partial charge on any atom is 0.344 e. The Labute approximate surface area is 187 Å². The predicted molar refractivity (Wildman–Crippen MR) is 119 cm³/mol. The van der Waals surface area contributed by atoms with Gasteiger partial charge in [-0.1, -0.05) is 23.9 Å². The fourth-order valence-electron chi connectivity index (χ4n) is 3.39. The van der Waals surface area contributed by atoms with Crippen molar-refractivity contribution >= 4 is 39.8 Å². The quantitative estimate of drug-likeness (QED) is 0.514. The first-order chi connectivity index (χ1) is 15.1. The lowest BCUT2D eigenvalue weighted by atomic mass is 10.2. The van der Waals surface area contributed by atoms with E-state index in [0.29, 0.717) is 34.0 Å². The minimum atomic E-state index is -0.240. The topological polar surface area (TPSA) is 102 Å². The molecule has 1 N–H and O–H groups in total. The molecular formula is C20H23N5O4S2. The van der Waals surface area contributed by atoms with E-state index in [1.807, 2.05) is 23.6 Å². The molecule has 1 amide bonds. The average molecular weight is 462 g/mol. The van der Waals surface area contributed by atoms with Crippen LogP contribution < -0.4 is 15.3 Å². The molecule has 0 bridgehead atoms. The lowest BCUT2D eigenvalue weighted by Gasteiger charge is -2.20. The molecule has 1 fully saturated rings. The average Bonchev–Trinajstić information content (AvgIpc) is 3.51. The summed E-state index contributed by atoms with van der Waals surface area (Å²) in [5.74, 6) is 0.957. The molecule has 1 aromatic carbocycles. The molecule has 3 aromatic rings. The number of para-hydroxylation sites is 2. The van der Waals surface area contributed by atoms with Gasteiger partial charge < -0.3 is 9.47 Å². The standard InChI is InChI=1S/C20H23N5O4S2/c1-13(26)25(16-7-3-4-8-17(16)28-2)19-21-14(11-30-19)12-31-20-23-22-18(27)24(20)10-15-6-5-9-29-15/h3-4,7-8,11,15H,5-6,9-10,12H2,1-2H3,(H,22,27). The van der Waals surface area contributed by atoms with Crippen LogP contribution in [0.5, 0.6) is 5.75 Å². The molecule has 0 spiro atoms. The van der Waals surface area contributed by atoms with E-state index in [1.54, 1.807) is 22.6 Å². The van der Waals surface area contributed by atoms with Gasteiger partial charge in [0.05, 0.1) is 31.1 Å². The van der Waals surface area contributed by atoms with Crippen molar-refractivity contribution < 1.29 is 14.3 Å². The molecule has 9 nitrogen and oxygen atoms in total. The number of anilines is 2. The summed E-state index contributed by atoms with van der Waals surface area (Å²) in [4.78, 5) is 30.7. The Morgan fingerprint density at radius 2 is 2.29 bits per heavy atom. The summed E-state index contributed by atoms with van der Waals surface area (Å²) in [7, 11) is 1.57. The summed E-state index contributed by atoms with van der Waals surface area (Å²) in [6, 6.07) is 7.33. The van der Waals surface area contributed by atoms with E-state index < -0.39 is 0 Å². The highest BCUT2D eigenvalue weighted by Gasteiger charge is 2.22. The number of nitrogens with zero attached hydrogens (tertiary/aromatic N) is 4. The molecule has 2 aromatic heterocycles. The summed E-state index contributed by atoms with van der Waals surface area (Å²) in [5, 5.41) is 9.72. The number of benzene rings is 1. The number of hydrogen-bond acceptors (Lipinski definition) is 8. The first-order valence-electron chi connectivity index (χ1n) is 9.84. The van der Waals surface area contributed by atoms with Gasteiger partial charge in [0, 0.05) is 24.7 Å². The van der Waals surface area contributed by atoms with Crippen LogP contribution in [0.4, 0.5) is 10.8 Å². The van der Waals surface area contributed by atoms with Gasteiger partial charge in [0.1, 0.15) is 5.75 Å². The van der Waals surface area contributed by atoms with Crippen molar-refractivity contribution in [2.45, 2.75) is 43.3 Å². The highest BCUT2D eigenvalue weighted by atomic mass is 32.2. The summed E-state index contributed by atoms with van der Waals surface area (Å²) in [6.07, 6.45) is 2.01. The van der Waals surface area contributed by atoms with Crippen molar-refractivity contribution in [3.8, 4) is 5.75 Å². The summed E-state index contributed by atoms with van der Waals surface area (Å²) < 4.78 is 12.7. The van der Waals surface area contributed by atoms with Crippen LogP contribution in [0.25, 0.3) is 0 Å². The number of rotatable bonds is 8. The van der Waals surface area contributed by atoms with E-state index in [1.165, 1.54) is 30.0 Å². The second-order valence-electron chi connectivity index (χ2n) is 6.99. The number of methoxy groups -OCH3 is 1. The highest BCUT2D eigenvalue weighted by Crippen LogP contribution is 2.36. The summed E-state index contributed by atoms with van der Waals surface area (Å²) >= 11 is 2.80. The molecule has 1 aliphatic heterocycles. The molecule has 1 unspecified atom stereocenters. The second kappa shape index (κ2) is 9.67. The van der Waals surface area contributed by atoms with Gasteiger partial charge in [-0.15, -0.1) is 16.4 Å². The van der Waals surface area contributed by atoms with Gasteiger partial charge in [-0.25, -0.2) is 14.9 Å². The van der Waals surface area contributed by atoms with E-state index in [2.05, 4.69) is 15.2 Å². The van der Waals surface area contributed by atoms with E-state index in [9.17, 15) is 9.59 Å². The van der Waals surface area contributed by atoms with Crippen molar-refractivity contribution in [2.24, 2.45) is 0 Å². The fourth-order valence-corrected chi connectivity index (χ4v) is 5.23. The molecule has 0 saturated carbocycles. The van der Waals surface area contributed by atoms with E-state index in [0.717, 1.165) is 25.1 Å². The minimum Gasteiger partial charge on any atom is -0.495 e. The summed E-state index contributed by atoms with van der Waals surface area (Å²) in [5.41, 5.74) is 1.20. The van der Waals surface area contributed by atoms with Crippen molar-refractivity contribution in [2.75, 3.05) is 18.6 Å². The number of aromatic nitrogens is 4. The maximum atomic E-state index is 12.4. The second-order valence-corrected chi connectivity index (χ2v) is 8.77. The van der Waals surface area contributed by atoms with Crippen LogP contribution in [0.2, 0.25) is 0 Å². The Balaban J connectivity index is 1.49. The number of H-pyrrole nitrogens is 1. The van der Waals surface area contributed by atoms with Crippen molar-refractivity contribution in [1.29, 1.82) is 0 Å². The molecule has 1 saturated heterocycles. The molecule has 4 rings (SSSR count). The van der Waals surface area contributed by atoms with Gasteiger partial charge in [-0.2, -0.15) is 0 Å². The number of thioether (sulfide) groups is 1. The minimum absolute atomic E-state index is 0.0468. The molecule has 164 valence electrons. The highest BCUT2D eigenvalue weighted by molar-refractivity contribution is 7.98. The Bertz CT molecular complexity index is 1100. The Kier molecular flexibility index (Phi) is 6.73. The zero-order chi connectivity index (χ0) is 21.8. The van der Waals surface area contributed by atoms with Gasteiger partial charge in [0.25, 0.3) is 0 Å². The molecule has 1 atom stereocenters. The smallest absolute Gasteiger partial charge is 0.344 e. The molecule has 0 aliphatic carbocycles. The number of carbonyl (C=O) groups excluding carboxylic acids is 1. The van der Waals surface area contributed by atoms with E-state index in [-0.39, 0.29) is 17.7 Å². The molecule has 11 heteroatoms. The SMILES string of the molecule is COc1ccccc1N(C(C)=O)c1nc(CSc2n[nH]c(=O)n2CC2CCCO2)cs1. The van der Waals surface area contributed by atoms with Crippen LogP contribution in [0.15, 0.2) is 39.6 Å². The van der Waals surface area contributed by atoms with Crippen LogP contribution in [-0.4, -0.2) is 45.5 Å². The van der Waals surface area contributed by atoms with Gasteiger partial charge in [-0.3, -0.25) is 14.3 Å². The van der Waals surface area contributed by atoms with Gasteiger partial charge >= 0.3 is 5.69 Å². The number of ether oxygens (including phenoxy) is 2. The number of nitrogens with one attached hydrogen (secondary N) is 1. The number of aromatic amines is 1. The molecule has 3 heterocycles. The van der Waals surface area contributed by atoms with Crippen molar-refractivity contribution in [1.82, 2.24) is 19.7 Å². The normalized spacial score (nSPS) is 15.9. The zero-order valence-corrected chi connectivity index (χ0v) is 18.9. The molecule has 1 aliphatic rings.